The van der Waals surface area contributed by atoms with Gasteiger partial charge in [0.25, 0.3) is 0 Å². The number of nitrogens with one attached hydrogen (secondary N) is 2. The Morgan fingerprint density at radius 1 is 1.20 bits per heavy atom. The van der Waals surface area contributed by atoms with E-state index in [9.17, 15) is 18.0 Å². The number of hydrogen-bond donors (Lipinski definition) is 2. The number of rotatable bonds is 10. The molecule has 2 N–H and O–H groups in total. The van der Waals surface area contributed by atoms with Crippen LogP contribution < -0.4 is 10.6 Å². The van der Waals surface area contributed by atoms with Gasteiger partial charge in [-0.2, -0.15) is 4.31 Å². The Labute approximate surface area is 247 Å². The maximum Gasteiger partial charge on any atom is 0.407 e. The van der Waals surface area contributed by atoms with Crippen molar-refractivity contribution in [2.45, 2.75) is 70.0 Å². The average molecular weight is 608 g/mol. The standard InChI is InChI=1S/C30H39ClFN3O5S/c1-19(2)28(20-9-11-22(31)12-10-20)29(34-30(37)40-3)27(36)16-21-6-4-8-26(32)25(21)14-13-24-17-33-23-7-5-15-41(38,39)35(24)18-23/h4,6,8-12,19,23-24,28-29,33H,5,7,13-18H2,1-3H3,(H,34,37)/t23?,24?,28-,29-/m1/s1. The summed E-state index contributed by atoms with van der Waals surface area (Å²) >= 11 is 6.09. The Morgan fingerprint density at radius 2 is 1.93 bits per heavy atom. The van der Waals surface area contributed by atoms with Crippen LogP contribution in [0.4, 0.5) is 9.18 Å². The van der Waals surface area contributed by atoms with Crippen LogP contribution in [0.25, 0.3) is 0 Å². The van der Waals surface area contributed by atoms with Gasteiger partial charge in [0, 0.05) is 42.5 Å². The highest BCUT2D eigenvalue weighted by Gasteiger charge is 2.38. The first-order valence-corrected chi connectivity index (χ1v) is 16.1. The summed E-state index contributed by atoms with van der Waals surface area (Å²) in [4.78, 5) is 26.2. The molecule has 2 fully saturated rings. The van der Waals surface area contributed by atoms with E-state index in [1.807, 2.05) is 26.0 Å². The lowest BCUT2D eigenvalue weighted by atomic mass is 9.79. The number of amides is 1. The van der Waals surface area contributed by atoms with Gasteiger partial charge in [-0.05, 0) is 66.5 Å². The summed E-state index contributed by atoms with van der Waals surface area (Å²) in [7, 11) is -2.13. The third-order valence-corrected chi connectivity index (χ3v) is 10.4. The van der Waals surface area contributed by atoms with E-state index >= 15 is 4.39 Å². The molecule has 2 saturated heterocycles. The van der Waals surface area contributed by atoms with E-state index in [2.05, 4.69) is 10.6 Å². The first-order valence-electron chi connectivity index (χ1n) is 14.1. The van der Waals surface area contributed by atoms with Crippen LogP contribution in [0, 0.1) is 11.7 Å². The SMILES string of the molecule is COC(=O)N[C@H](C(=O)Cc1cccc(F)c1CCC1CNC2CCCS(=O)(=O)N1C2)[C@@H](c1ccc(Cl)cc1)C(C)C. The maximum atomic E-state index is 15.2. The summed E-state index contributed by atoms with van der Waals surface area (Å²) in [5.41, 5.74) is 1.74. The van der Waals surface area contributed by atoms with E-state index in [0.29, 0.717) is 42.1 Å². The van der Waals surface area contributed by atoms with E-state index in [0.717, 1.165) is 12.0 Å². The summed E-state index contributed by atoms with van der Waals surface area (Å²) in [5.74, 6) is -1.02. The van der Waals surface area contributed by atoms with Crippen LogP contribution in [0.5, 0.6) is 0 Å². The molecule has 2 aromatic carbocycles. The molecule has 0 spiro atoms. The normalized spacial score (nSPS) is 23.3. The largest absolute Gasteiger partial charge is 0.453 e. The molecule has 3 unspecified atom stereocenters. The minimum atomic E-state index is -3.37. The molecule has 4 rings (SSSR count). The van der Waals surface area contributed by atoms with Crippen molar-refractivity contribution in [3.8, 4) is 0 Å². The Morgan fingerprint density at radius 3 is 2.61 bits per heavy atom. The third-order valence-electron chi connectivity index (χ3n) is 8.21. The van der Waals surface area contributed by atoms with Crippen LogP contribution in [0.1, 0.15) is 55.7 Å². The molecule has 11 heteroatoms. The Balaban J connectivity index is 1.57. The molecule has 2 bridgehead atoms. The number of methoxy groups -OCH3 is 1. The summed E-state index contributed by atoms with van der Waals surface area (Å²) in [6.45, 7) is 4.87. The first kappa shape index (κ1) is 31.4. The molecule has 2 aliphatic rings. The second-order valence-electron chi connectivity index (χ2n) is 11.3. The Kier molecular flexibility index (Phi) is 10.4. The molecule has 0 radical (unpaired) electrons. The maximum absolute atomic E-state index is 15.2. The van der Waals surface area contributed by atoms with E-state index in [1.165, 1.54) is 13.2 Å². The molecule has 2 aromatic rings. The predicted octanol–water partition coefficient (Wildman–Crippen LogP) is 4.45. The molecule has 0 aliphatic carbocycles. The lowest BCUT2D eigenvalue weighted by Crippen LogP contribution is -2.57. The number of halogens is 2. The Hall–Kier alpha value is -2.53. The zero-order chi connectivity index (χ0) is 29.7. The summed E-state index contributed by atoms with van der Waals surface area (Å²) < 4.78 is 47.4. The number of sulfonamides is 1. The van der Waals surface area contributed by atoms with Crippen molar-refractivity contribution >= 4 is 33.5 Å². The zero-order valence-electron chi connectivity index (χ0n) is 23.7. The number of piperazine rings is 1. The fraction of sp³-hybridized carbons (Fsp3) is 0.533. The number of Topliss-reactive ketones (excluding diaryl/α,β-unsaturated/α-hetero) is 1. The number of ketones is 1. The molecule has 0 saturated carbocycles. The number of carbonyl (C=O) groups excluding carboxylic acids is 2. The van der Waals surface area contributed by atoms with Gasteiger partial charge in [0.15, 0.2) is 5.78 Å². The first-order chi connectivity index (χ1) is 19.5. The lowest BCUT2D eigenvalue weighted by Gasteiger charge is -2.37. The van der Waals surface area contributed by atoms with Crippen molar-refractivity contribution in [3.63, 3.8) is 0 Å². The number of nitrogens with zero attached hydrogens (tertiary/aromatic N) is 1. The third kappa shape index (κ3) is 7.66. The minimum Gasteiger partial charge on any atom is -0.453 e. The molecule has 41 heavy (non-hydrogen) atoms. The van der Waals surface area contributed by atoms with E-state index in [4.69, 9.17) is 16.3 Å². The van der Waals surface area contributed by atoms with Crippen molar-refractivity contribution in [2.24, 2.45) is 5.92 Å². The second kappa shape index (κ2) is 13.6. The highest BCUT2D eigenvalue weighted by Crippen LogP contribution is 2.31. The molecular formula is C30H39ClFN3O5S. The molecular weight excluding hydrogens is 569 g/mol. The molecule has 2 heterocycles. The van der Waals surface area contributed by atoms with E-state index in [1.54, 1.807) is 28.6 Å². The van der Waals surface area contributed by atoms with E-state index in [-0.39, 0.29) is 48.3 Å². The van der Waals surface area contributed by atoms with Gasteiger partial charge in [-0.15, -0.1) is 0 Å². The van der Waals surface area contributed by atoms with Gasteiger partial charge in [-0.3, -0.25) is 4.79 Å². The van der Waals surface area contributed by atoms with E-state index < -0.39 is 28.0 Å². The van der Waals surface area contributed by atoms with Crippen LogP contribution in [-0.2, 0) is 32.4 Å². The van der Waals surface area contributed by atoms with Crippen LogP contribution in [0.2, 0.25) is 5.02 Å². The average Bonchev–Trinajstić information content (AvgIpc) is 3.04. The van der Waals surface area contributed by atoms with Gasteiger partial charge in [0.2, 0.25) is 10.0 Å². The van der Waals surface area contributed by atoms with Crippen LogP contribution in [-0.4, -0.2) is 68.7 Å². The molecule has 2 aliphatic heterocycles. The summed E-state index contributed by atoms with van der Waals surface area (Å²) in [6.07, 6.45) is 1.30. The smallest absolute Gasteiger partial charge is 0.407 e. The van der Waals surface area contributed by atoms with Crippen molar-refractivity contribution in [1.29, 1.82) is 0 Å². The number of hydrogen-bond acceptors (Lipinski definition) is 6. The van der Waals surface area contributed by atoms with Crippen LogP contribution in [0.15, 0.2) is 42.5 Å². The van der Waals surface area contributed by atoms with Gasteiger partial charge in [0.1, 0.15) is 5.82 Å². The number of carbonyl (C=O) groups is 2. The van der Waals surface area contributed by atoms with Crippen molar-refractivity contribution in [2.75, 3.05) is 26.0 Å². The van der Waals surface area contributed by atoms with Gasteiger partial charge in [-0.1, -0.05) is 49.7 Å². The molecule has 1 amide bonds. The highest BCUT2D eigenvalue weighted by molar-refractivity contribution is 7.89. The van der Waals surface area contributed by atoms with Crippen LogP contribution in [0.3, 0.4) is 0 Å². The molecule has 5 atom stereocenters. The second-order valence-corrected chi connectivity index (χ2v) is 13.8. The predicted molar refractivity (Wildman–Crippen MR) is 157 cm³/mol. The van der Waals surface area contributed by atoms with Gasteiger partial charge >= 0.3 is 6.09 Å². The fourth-order valence-corrected chi connectivity index (χ4v) is 8.04. The summed E-state index contributed by atoms with van der Waals surface area (Å²) in [5, 5.41) is 6.72. The number of ether oxygens (including phenoxy) is 1. The van der Waals surface area contributed by atoms with Crippen molar-refractivity contribution < 1.29 is 27.1 Å². The topological polar surface area (TPSA) is 105 Å². The number of fused-ring (bicyclic) bond motifs is 2. The summed E-state index contributed by atoms with van der Waals surface area (Å²) in [6, 6.07) is 10.7. The quantitative estimate of drug-likeness (QED) is 0.413. The number of benzene rings is 2. The van der Waals surface area contributed by atoms with Crippen molar-refractivity contribution in [3.05, 3.63) is 70.0 Å². The van der Waals surface area contributed by atoms with Gasteiger partial charge < -0.3 is 15.4 Å². The van der Waals surface area contributed by atoms with Gasteiger partial charge in [0.05, 0.1) is 18.9 Å². The van der Waals surface area contributed by atoms with Gasteiger partial charge in [-0.25, -0.2) is 17.6 Å². The fourth-order valence-electron chi connectivity index (χ4n) is 6.11. The van der Waals surface area contributed by atoms with Crippen molar-refractivity contribution in [1.82, 2.24) is 14.9 Å². The molecule has 224 valence electrons. The lowest BCUT2D eigenvalue weighted by molar-refractivity contribution is -0.121. The van der Waals surface area contributed by atoms with Crippen LogP contribution >= 0.6 is 11.6 Å². The molecule has 0 aromatic heterocycles. The monoisotopic (exact) mass is 607 g/mol. The minimum absolute atomic E-state index is 0.0348. The Bertz CT molecular complexity index is 1340. The number of alkyl carbamates (subject to hydrolysis) is 1. The highest BCUT2D eigenvalue weighted by atomic mass is 35.5. The molecule has 8 nitrogen and oxygen atoms in total. The zero-order valence-corrected chi connectivity index (χ0v) is 25.3.